The molecule has 78 valence electrons. The fraction of sp³-hybridized carbons (Fsp3) is 0.400. The van der Waals surface area contributed by atoms with Crippen molar-refractivity contribution in [1.29, 1.82) is 0 Å². The molecular formula is C10H12Br2O2. The lowest BCUT2D eigenvalue weighted by Crippen LogP contribution is -2.07. The Morgan fingerprint density at radius 3 is 2.71 bits per heavy atom. The first-order valence-electron chi connectivity index (χ1n) is 4.36. The molecule has 0 fully saturated rings. The second-order valence-electron chi connectivity index (χ2n) is 2.84. The lowest BCUT2D eigenvalue weighted by molar-refractivity contribution is 0.0416. The van der Waals surface area contributed by atoms with Crippen LogP contribution in [0, 0.1) is 0 Å². The van der Waals surface area contributed by atoms with Crippen LogP contribution in [0.15, 0.2) is 27.1 Å². The molecule has 0 saturated carbocycles. The predicted octanol–water partition coefficient (Wildman–Crippen LogP) is 3.28. The molecule has 1 unspecified atom stereocenters. The zero-order valence-corrected chi connectivity index (χ0v) is 11.0. The topological polar surface area (TPSA) is 29.5 Å². The van der Waals surface area contributed by atoms with Crippen LogP contribution in [0.5, 0.6) is 0 Å². The van der Waals surface area contributed by atoms with Gasteiger partial charge in [0.1, 0.15) is 6.10 Å². The average Bonchev–Trinajstić information content (AvgIpc) is 2.14. The molecule has 0 aromatic heterocycles. The molecule has 0 aliphatic rings. The molecule has 0 aliphatic carbocycles. The first kappa shape index (κ1) is 12.2. The van der Waals surface area contributed by atoms with Gasteiger partial charge in [-0.1, -0.05) is 37.9 Å². The highest BCUT2D eigenvalue weighted by Gasteiger charge is 2.10. The maximum atomic E-state index is 9.75. The van der Waals surface area contributed by atoms with E-state index in [1.54, 1.807) is 0 Å². The van der Waals surface area contributed by atoms with Crippen molar-refractivity contribution < 1.29 is 9.84 Å². The SMILES string of the molecule is CCOCC(O)c1ccc(Br)cc1Br. The molecule has 0 aliphatic heterocycles. The van der Waals surface area contributed by atoms with E-state index in [0.29, 0.717) is 13.2 Å². The van der Waals surface area contributed by atoms with Crippen LogP contribution in [-0.2, 0) is 4.74 Å². The van der Waals surface area contributed by atoms with Crippen LogP contribution >= 0.6 is 31.9 Å². The van der Waals surface area contributed by atoms with Crippen molar-refractivity contribution in [2.75, 3.05) is 13.2 Å². The lowest BCUT2D eigenvalue weighted by atomic mass is 10.1. The molecule has 1 aromatic rings. The van der Waals surface area contributed by atoms with Gasteiger partial charge in [-0.3, -0.25) is 0 Å². The summed E-state index contributed by atoms with van der Waals surface area (Å²) in [5.74, 6) is 0. The Bertz CT molecular complexity index is 302. The van der Waals surface area contributed by atoms with Crippen molar-refractivity contribution >= 4 is 31.9 Å². The van der Waals surface area contributed by atoms with Crippen LogP contribution in [0.25, 0.3) is 0 Å². The third-order valence-corrected chi connectivity index (χ3v) is 2.98. The van der Waals surface area contributed by atoms with E-state index < -0.39 is 6.10 Å². The van der Waals surface area contributed by atoms with Gasteiger partial charge in [0.2, 0.25) is 0 Å². The van der Waals surface area contributed by atoms with E-state index in [1.165, 1.54) is 0 Å². The number of hydrogen-bond donors (Lipinski definition) is 1. The number of aliphatic hydroxyl groups is 1. The highest BCUT2D eigenvalue weighted by Crippen LogP contribution is 2.26. The number of rotatable bonds is 4. The zero-order chi connectivity index (χ0) is 10.6. The molecular weight excluding hydrogens is 312 g/mol. The highest BCUT2D eigenvalue weighted by molar-refractivity contribution is 9.11. The minimum Gasteiger partial charge on any atom is -0.386 e. The monoisotopic (exact) mass is 322 g/mol. The summed E-state index contributed by atoms with van der Waals surface area (Å²) < 4.78 is 7.02. The molecule has 0 bridgehead atoms. The van der Waals surface area contributed by atoms with E-state index in [9.17, 15) is 5.11 Å². The number of hydrogen-bond acceptors (Lipinski definition) is 2. The molecule has 0 saturated heterocycles. The molecule has 1 aromatic carbocycles. The molecule has 0 heterocycles. The first-order valence-corrected chi connectivity index (χ1v) is 5.94. The van der Waals surface area contributed by atoms with Gasteiger partial charge in [-0.2, -0.15) is 0 Å². The van der Waals surface area contributed by atoms with E-state index in [2.05, 4.69) is 31.9 Å². The highest BCUT2D eigenvalue weighted by atomic mass is 79.9. The Morgan fingerprint density at radius 2 is 2.14 bits per heavy atom. The van der Waals surface area contributed by atoms with Gasteiger partial charge in [0.05, 0.1) is 6.61 Å². The van der Waals surface area contributed by atoms with E-state index >= 15 is 0 Å². The Morgan fingerprint density at radius 1 is 1.43 bits per heavy atom. The summed E-state index contributed by atoms with van der Waals surface area (Å²) in [5.41, 5.74) is 0.849. The molecule has 4 heteroatoms. The normalized spacial score (nSPS) is 12.9. The third-order valence-electron chi connectivity index (χ3n) is 1.80. The van der Waals surface area contributed by atoms with Gasteiger partial charge in [-0.05, 0) is 24.6 Å². The minimum atomic E-state index is -0.572. The van der Waals surface area contributed by atoms with Crippen molar-refractivity contribution in [3.63, 3.8) is 0 Å². The van der Waals surface area contributed by atoms with Gasteiger partial charge >= 0.3 is 0 Å². The van der Waals surface area contributed by atoms with E-state index in [-0.39, 0.29) is 0 Å². The Labute approximate surface area is 101 Å². The lowest BCUT2D eigenvalue weighted by Gasteiger charge is -2.12. The average molecular weight is 324 g/mol. The van der Waals surface area contributed by atoms with Crippen molar-refractivity contribution in [3.05, 3.63) is 32.7 Å². The summed E-state index contributed by atoms with van der Waals surface area (Å²) in [6, 6.07) is 5.68. The van der Waals surface area contributed by atoms with Gasteiger partial charge in [0, 0.05) is 15.6 Å². The molecule has 1 rings (SSSR count). The van der Waals surface area contributed by atoms with Crippen molar-refractivity contribution in [2.45, 2.75) is 13.0 Å². The van der Waals surface area contributed by atoms with Gasteiger partial charge in [-0.25, -0.2) is 0 Å². The molecule has 0 radical (unpaired) electrons. The summed E-state index contributed by atoms with van der Waals surface area (Å²) in [7, 11) is 0. The van der Waals surface area contributed by atoms with Crippen LogP contribution in [0.4, 0.5) is 0 Å². The van der Waals surface area contributed by atoms with Crippen LogP contribution in [0.3, 0.4) is 0 Å². The number of aliphatic hydroxyl groups excluding tert-OH is 1. The third kappa shape index (κ3) is 3.35. The van der Waals surface area contributed by atoms with Crippen molar-refractivity contribution in [3.8, 4) is 0 Å². The maximum absolute atomic E-state index is 9.75. The fourth-order valence-corrected chi connectivity index (χ4v) is 2.40. The van der Waals surface area contributed by atoms with E-state index in [1.807, 2.05) is 25.1 Å². The van der Waals surface area contributed by atoms with Crippen molar-refractivity contribution in [1.82, 2.24) is 0 Å². The van der Waals surface area contributed by atoms with Crippen LogP contribution in [-0.4, -0.2) is 18.3 Å². The van der Waals surface area contributed by atoms with Gasteiger partial charge in [0.25, 0.3) is 0 Å². The second kappa shape index (κ2) is 5.85. The molecule has 2 nitrogen and oxygen atoms in total. The quantitative estimate of drug-likeness (QED) is 0.921. The van der Waals surface area contributed by atoms with Gasteiger partial charge in [-0.15, -0.1) is 0 Å². The number of benzene rings is 1. The van der Waals surface area contributed by atoms with E-state index in [0.717, 1.165) is 14.5 Å². The fourth-order valence-electron chi connectivity index (χ4n) is 1.09. The molecule has 14 heavy (non-hydrogen) atoms. The predicted molar refractivity (Wildman–Crippen MR) is 63.3 cm³/mol. The van der Waals surface area contributed by atoms with Crippen LogP contribution < -0.4 is 0 Å². The zero-order valence-electron chi connectivity index (χ0n) is 7.84. The second-order valence-corrected chi connectivity index (χ2v) is 4.61. The van der Waals surface area contributed by atoms with Gasteiger partial charge < -0.3 is 9.84 Å². The first-order chi connectivity index (χ1) is 6.65. The number of ether oxygens (including phenoxy) is 1. The maximum Gasteiger partial charge on any atom is 0.103 e. The van der Waals surface area contributed by atoms with Crippen LogP contribution in [0.2, 0.25) is 0 Å². The Hall–Kier alpha value is 0.1000. The molecule has 0 amide bonds. The summed E-state index contributed by atoms with van der Waals surface area (Å²) in [6.07, 6.45) is -0.572. The Balaban J connectivity index is 2.74. The van der Waals surface area contributed by atoms with E-state index in [4.69, 9.17) is 4.74 Å². The van der Waals surface area contributed by atoms with Crippen molar-refractivity contribution in [2.24, 2.45) is 0 Å². The summed E-state index contributed by atoms with van der Waals surface area (Å²) in [6.45, 7) is 2.85. The smallest absolute Gasteiger partial charge is 0.103 e. The molecule has 1 atom stereocenters. The summed E-state index contributed by atoms with van der Waals surface area (Å²) in [4.78, 5) is 0. The molecule has 1 N–H and O–H groups in total. The largest absolute Gasteiger partial charge is 0.386 e. The minimum absolute atomic E-state index is 0.330. The molecule has 0 spiro atoms. The van der Waals surface area contributed by atoms with Crippen LogP contribution in [0.1, 0.15) is 18.6 Å². The summed E-state index contributed by atoms with van der Waals surface area (Å²) in [5, 5.41) is 9.75. The standard InChI is InChI=1S/C10H12Br2O2/c1-2-14-6-10(13)8-4-3-7(11)5-9(8)12/h3-5,10,13H,2,6H2,1H3. The number of halogens is 2. The summed E-state index contributed by atoms with van der Waals surface area (Å²) >= 11 is 6.75. The Kier molecular flexibility index (Phi) is 5.09. The van der Waals surface area contributed by atoms with Gasteiger partial charge in [0.15, 0.2) is 0 Å².